The largest absolute Gasteiger partial charge is 0.465 e. The molecule has 1 aliphatic rings. The zero-order valence-electron chi connectivity index (χ0n) is 37.2. The zero-order valence-corrected chi connectivity index (χ0v) is 39.2. The van der Waals surface area contributed by atoms with Crippen LogP contribution in [0.4, 0.5) is 0 Å². The highest BCUT2D eigenvalue weighted by Crippen LogP contribution is 2.38. The molecule has 1 N–H and O–H groups in total. The summed E-state index contributed by atoms with van der Waals surface area (Å²) < 4.78 is 20.3. The van der Waals surface area contributed by atoms with E-state index in [0.717, 1.165) is 36.8 Å². The molecule has 0 aliphatic carbocycles. The van der Waals surface area contributed by atoms with Crippen LogP contribution in [0.5, 0.6) is 0 Å². The topological polar surface area (TPSA) is 112 Å². The monoisotopic (exact) mass is 818 g/mol. The van der Waals surface area contributed by atoms with E-state index in [-0.39, 0.29) is 33.4 Å². The van der Waals surface area contributed by atoms with Gasteiger partial charge >= 0.3 is 5.97 Å². The number of methoxy groups -OCH3 is 1. The molecule has 57 heavy (non-hydrogen) atoms. The fraction of sp³-hybridized carbons (Fsp3) is 0.600. The van der Waals surface area contributed by atoms with E-state index in [4.69, 9.17) is 18.6 Å². The third-order valence-electron chi connectivity index (χ3n) is 12.4. The summed E-state index contributed by atoms with van der Waals surface area (Å²) in [6.07, 6.45) is 6.18. The highest BCUT2D eigenvalue weighted by Gasteiger charge is 2.39. The maximum atomic E-state index is 15.1. The van der Waals surface area contributed by atoms with Crippen molar-refractivity contribution in [1.82, 2.24) is 19.8 Å². The Kier molecular flexibility index (Phi) is 15.5. The standard InChI is InChI=1S/C45H70N4O6Si2/c1-14-16-23-48(24-17-15-2)42(51)39-30-49(25-26-54-56(10,11)44(3,4)5)41(47-39)36-22-21-32(43(52)53-9)27-38(36)40(50)35-20-18-19-33-29-46-34(28-37(33)35)31-55-57(12,13)45(6,7)8/h18-22,27,30,34,46H,14-17,23-26,28-29,31H2,1-13H3. The summed E-state index contributed by atoms with van der Waals surface area (Å²) in [5.41, 5.74) is 4.07. The van der Waals surface area contributed by atoms with Crippen LogP contribution in [0.15, 0.2) is 42.6 Å². The fourth-order valence-electron chi connectivity index (χ4n) is 6.48. The van der Waals surface area contributed by atoms with Crippen LogP contribution in [0.2, 0.25) is 36.3 Å². The lowest BCUT2D eigenvalue weighted by Gasteiger charge is -2.38. The van der Waals surface area contributed by atoms with Crippen molar-refractivity contribution in [2.75, 3.05) is 33.4 Å². The van der Waals surface area contributed by atoms with Gasteiger partial charge in [-0.25, -0.2) is 9.78 Å². The summed E-state index contributed by atoms with van der Waals surface area (Å²) in [5.74, 6) is -0.403. The second-order valence-corrected chi connectivity index (χ2v) is 28.2. The lowest BCUT2D eigenvalue weighted by atomic mass is 9.87. The van der Waals surface area contributed by atoms with Crippen LogP contribution in [0, 0.1) is 0 Å². The van der Waals surface area contributed by atoms with Gasteiger partial charge in [-0.1, -0.05) is 86.4 Å². The number of nitrogens with zero attached hydrogens (tertiary/aromatic N) is 3. The van der Waals surface area contributed by atoms with Crippen molar-refractivity contribution >= 4 is 34.3 Å². The molecule has 314 valence electrons. The van der Waals surface area contributed by atoms with Gasteiger partial charge in [0.15, 0.2) is 22.4 Å². The average Bonchev–Trinajstić information content (AvgIpc) is 3.58. The van der Waals surface area contributed by atoms with Gasteiger partial charge in [0.2, 0.25) is 0 Å². The smallest absolute Gasteiger partial charge is 0.337 e. The number of fused-ring (bicyclic) bond motifs is 1. The van der Waals surface area contributed by atoms with Gasteiger partial charge in [0, 0.05) is 61.7 Å². The van der Waals surface area contributed by atoms with E-state index < -0.39 is 22.6 Å². The molecule has 1 atom stereocenters. The van der Waals surface area contributed by atoms with Crippen molar-refractivity contribution in [3.63, 3.8) is 0 Å². The molecule has 0 fully saturated rings. The molecule has 1 unspecified atom stereocenters. The molecule has 3 aromatic rings. The molecule has 10 nitrogen and oxygen atoms in total. The Hall–Kier alpha value is -3.43. The summed E-state index contributed by atoms with van der Waals surface area (Å²) in [7, 11) is -2.74. The van der Waals surface area contributed by atoms with E-state index in [1.54, 1.807) is 18.2 Å². The maximum absolute atomic E-state index is 15.1. The van der Waals surface area contributed by atoms with Gasteiger partial charge in [-0.2, -0.15) is 0 Å². The van der Waals surface area contributed by atoms with E-state index in [1.807, 2.05) is 27.8 Å². The van der Waals surface area contributed by atoms with E-state index >= 15 is 4.79 Å². The van der Waals surface area contributed by atoms with Crippen molar-refractivity contribution in [3.8, 4) is 11.4 Å². The number of aromatic nitrogens is 2. The molecule has 1 amide bonds. The molecule has 0 bridgehead atoms. The second kappa shape index (κ2) is 19.1. The van der Waals surface area contributed by atoms with Gasteiger partial charge in [0.05, 0.1) is 19.3 Å². The van der Waals surface area contributed by atoms with Crippen molar-refractivity contribution in [1.29, 1.82) is 0 Å². The molecular weight excluding hydrogens is 749 g/mol. The molecule has 0 saturated carbocycles. The first-order chi connectivity index (χ1) is 26.7. The number of amides is 1. The number of imidazole rings is 1. The number of benzene rings is 2. The normalized spacial score (nSPS) is 15.0. The van der Waals surface area contributed by atoms with Gasteiger partial charge in [0.1, 0.15) is 11.5 Å². The molecule has 12 heteroatoms. The number of ketones is 1. The minimum Gasteiger partial charge on any atom is -0.465 e. The molecule has 1 aromatic heterocycles. The first-order valence-electron chi connectivity index (χ1n) is 20.9. The number of hydrogen-bond acceptors (Lipinski definition) is 8. The quantitative estimate of drug-likeness (QED) is 0.0768. The van der Waals surface area contributed by atoms with E-state index in [2.05, 4.69) is 93.0 Å². The van der Waals surface area contributed by atoms with Crippen LogP contribution in [-0.2, 0) is 33.1 Å². The number of unbranched alkanes of at least 4 members (excludes halogenated alkanes) is 2. The van der Waals surface area contributed by atoms with Crippen molar-refractivity contribution < 1.29 is 28.0 Å². The fourth-order valence-corrected chi connectivity index (χ4v) is 8.57. The second-order valence-electron chi connectivity index (χ2n) is 18.6. The summed E-state index contributed by atoms with van der Waals surface area (Å²) >= 11 is 0. The van der Waals surface area contributed by atoms with Crippen LogP contribution in [-0.4, -0.2) is 88.2 Å². The Morgan fingerprint density at radius 2 is 1.53 bits per heavy atom. The number of nitrogens with one attached hydrogen (secondary N) is 1. The molecule has 0 saturated heterocycles. The summed E-state index contributed by atoms with van der Waals surface area (Å²) in [6.45, 7) is 29.9. The first-order valence-corrected chi connectivity index (χ1v) is 26.7. The van der Waals surface area contributed by atoms with Crippen LogP contribution in [0.1, 0.15) is 129 Å². The summed E-state index contributed by atoms with van der Waals surface area (Å²) in [6, 6.07) is 10.9. The van der Waals surface area contributed by atoms with Crippen LogP contribution in [0.25, 0.3) is 11.4 Å². The van der Waals surface area contributed by atoms with E-state index in [1.165, 1.54) is 7.11 Å². The van der Waals surface area contributed by atoms with E-state index in [9.17, 15) is 9.59 Å². The molecule has 4 rings (SSSR count). The Morgan fingerprint density at radius 1 is 0.895 bits per heavy atom. The SMILES string of the molecule is CCCCN(CCCC)C(=O)c1cn(CCO[Si](C)(C)C(C)(C)C)c(-c2ccc(C(=O)OC)cc2C(=O)c2cccc3c2CC(CO[Si](C)(C)C(C)(C)C)NC3)n1. The Bertz CT molecular complexity index is 1870. The van der Waals surface area contributed by atoms with Crippen molar-refractivity contribution in [2.24, 2.45) is 0 Å². The molecule has 0 spiro atoms. The van der Waals surface area contributed by atoms with Crippen molar-refractivity contribution in [2.45, 2.75) is 143 Å². The Balaban J connectivity index is 1.83. The third-order valence-corrected chi connectivity index (χ3v) is 21.4. The first kappa shape index (κ1) is 46.3. The number of hydrogen-bond donors (Lipinski definition) is 1. The number of carbonyl (C=O) groups excluding carboxylic acids is 3. The minimum absolute atomic E-state index is 0.0223. The molecular formula is C45H70N4O6Si2. The van der Waals surface area contributed by atoms with Crippen molar-refractivity contribution in [3.05, 3.63) is 76.1 Å². The number of rotatable bonds is 18. The Labute approximate surface area is 344 Å². The third kappa shape index (κ3) is 11.2. The van der Waals surface area contributed by atoms with Crippen LogP contribution < -0.4 is 5.32 Å². The number of ether oxygens (including phenoxy) is 1. The molecule has 2 aromatic carbocycles. The highest BCUT2D eigenvalue weighted by molar-refractivity contribution is 6.74. The van der Waals surface area contributed by atoms with Gasteiger partial charge in [0.25, 0.3) is 5.91 Å². The van der Waals surface area contributed by atoms with Gasteiger partial charge in [-0.3, -0.25) is 9.59 Å². The average molecular weight is 819 g/mol. The Morgan fingerprint density at radius 3 is 2.12 bits per heavy atom. The van der Waals surface area contributed by atoms with Gasteiger partial charge in [-0.15, -0.1) is 0 Å². The zero-order chi connectivity index (χ0) is 42.3. The lowest BCUT2D eigenvalue weighted by Crippen LogP contribution is -2.47. The predicted octanol–water partition coefficient (Wildman–Crippen LogP) is 9.67. The predicted molar refractivity (Wildman–Crippen MR) is 235 cm³/mol. The lowest BCUT2D eigenvalue weighted by molar-refractivity contribution is 0.0600. The number of carbonyl (C=O) groups is 3. The van der Waals surface area contributed by atoms with Crippen LogP contribution in [0.3, 0.4) is 0 Å². The maximum Gasteiger partial charge on any atom is 0.337 e. The summed E-state index contributed by atoms with van der Waals surface area (Å²) in [4.78, 5) is 49.1. The molecule has 2 heterocycles. The molecule has 0 radical (unpaired) electrons. The number of esters is 1. The summed E-state index contributed by atoms with van der Waals surface area (Å²) in [5, 5.41) is 3.74. The van der Waals surface area contributed by atoms with Gasteiger partial charge in [-0.05, 0) is 84.9 Å². The highest BCUT2D eigenvalue weighted by atomic mass is 28.4. The minimum atomic E-state index is -2.09. The van der Waals surface area contributed by atoms with Crippen LogP contribution >= 0.6 is 0 Å². The van der Waals surface area contributed by atoms with Gasteiger partial charge < -0.3 is 28.4 Å². The van der Waals surface area contributed by atoms with E-state index in [0.29, 0.717) is 74.0 Å². The molecule has 1 aliphatic heterocycles.